The fourth-order valence-electron chi connectivity index (χ4n) is 6.52. The van der Waals surface area contributed by atoms with E-state index in [-0.39, 0.29) is 58.2 Å². The average Bonchev–Trinajstić information content (AvgIpc) is 3.69. The van der Waals surface area contributed by atoms with Crippen LogP contribution < -0.4 is 16.0 Å². The Morgan fingerprint density at radius 3 is 2.67 bits per heavy atom. The van der Waals surface area contributed by atoms with E-state index in [0.29, 0.717) is 47.3 Å². The fraction of sp³-hybridized carbons (Fsp3) is 0.406. The molecule has 2 aliphatic rings. The lowest BCUT2D eigenvalue weighted by atomic mass is 9.94. The summed E-state index contributed by atoms with van der Waals surface area (Å²) in [5, 5.41) is 11.4. The number of likely N-dealkylation sites (tertiary alicyclic amines) is 1. The molecule has 2 aromatic carbocycles. The Morgan fingerprint density at radius 2 is 1.93 bits per heavy atom. The molecule has 2 aliphatic heterocycles. The first-order valence-electron chi connectivity index (χ1n) is 15.2. The topological polar surface area (TPSA) is 136 Å². The van der Waals surface area contributed by atoms with E-state index in [1.807, 2.05) is 37.8 Å². The first kappa shape index (κ1) is 30.6. The number of carbonyl (C=O) groups excluding carboxylic acids is 2. The molecular formula is C32H37ClFN9O2. The van der Waals surface area contributed by atoms with Crippen molar-refractivity contribution in [2.24, 2.45) is 0 Å². The van der Waals surface area contributed by atoms with Crippen LogP contribution in [0, 0.1) is 12.7 Å². The van der Waals surface area contributed by atoms with E-state index in [0.717, 1.165) is 31.5 Å². The molecule has 0 saturated carbocycles. The third-order valence-corrected chi connectivity index (χ3v) is 9.17. The first-order valence-corrected chi connectivity index (χ1v) is 15.6. The molecule has 2 aromatic heterocycles. The summed E-state index contributed by atoms with van der Waals surface area (Å²) in [7, 11) is 0. The van der Waals surface area contributed by atoms with Crippen molar-refractivity contribution in [3.63, 3.8) is 0 Å². The molecule has 2 saturated heterocycles. The molecule has 2 fully saturated rings. The zero-order valence-corrected chi connectivity index (χ0v) is 26.4. The van der Waals surface area contributed by atoms with Crippen molar-refractivity contribution < 1.29 is 14.0 Å². The van der Waals surface area contributed by atoms with Gasteiger partial charge in [0.05, 0.1) is 15.9 Å². The lowest BCUT2D eigenvalue weighted by Gasteiger charge is -2.44. The summed E-state index contributed by atoms with van der Waals surface area (Å²) < 4.78 is 16.9. The van der Waals surface area contributed by atoms with Crippen molar-refractivity contribution in [1.82, 2.24) is 30.0 Å². The normalized spacial score (nSPS) is 18.6. The van der Waals surface area contributed by atoms with Gasteiger partial charge in [-0.2, -0.15) is 10.1 Å². The monoisotopic (exact) mass is 633 g/mol. The summed E-state index contributed by atoms with van der Waals surface area (Å²) in [5.41, 5.74) is 8.44. The second kappa shape index (κ2) is 12.2. The van der Waals surface area contributed by atoms with Crippen LogP contribution >= 0.6 is 11.6 Å². The van der Waals surface area contributed by atoms with Crippen molar-refractivity contribution in [3.05, 3.63) is 47.3 Å². The second-order valence-electron chi connectivity index (χ2n) is 11.9. The Bertz CT molecular complexity index is 1820. The van der Waals surface area contributed by atoms with E-state index >= 15 is 4.39 Å². The molecule has 236 valence electrons. The minimum atomic E-state index is -0.616. The van der Waals surface area contributed by atoms with Gasteiger partial charge in [-0.1, -0.05) is 24.2 Å². The highest BCUT2D eigenvalue weighted by Gasteiger charge is 2.34. The second-order valence-corrected chi connectivity index (χ2v) is 12.3. The van der Waals surface area contributed by atoms with E-state index in [1.165, 1.54) is 6.08 Å². The lowest BCUT2D eigenvalue weighted by Crippen LogP contribution is -2.58. The highest BCUT2D eigenvalue weighted by atomic mass is 35.5. The van der Waals surface area contributed by atoms with Crippen LogP contribution in [0.2, 0.25) is 5.02 Å². The number of piperazine rings is 1. The SMILES string of the molecule is C=CC(=O)N1C[C@H](C)N(c2nc(NCCC(=O)N3CCCC3)nc3c(F)c(-c4c(C)ccc5[nH]nc(N)c45)c(Cl)cc23)C[C@H]1C. The van der Waals surface area contributed by atoms with Gasteiger partial charge in [-0.15, -0.1) is 0 Å². The molecule has 13 heteroatoms. The number of nitrogens with two attached hydrogens (primary N) is 1. The molecule has 4 aromatic rings. The number of nitrogens with zero attached hydrogens (tertiary/aromatic N) is 6. The molecule has 2 amide bonds. The lowest BCUT2D eigenvalue weighted by molar-refractivity contribution is -0.130. The summed E-state index contributed by atoms with van der Waals surface area (Å²) in [6, 6.07) is 5.08. The Labute approximate surface area is 265 Å². The van der Waals surface area contributed by atoms with Gasteiger partial charge >= 0.3 is 0 Å². The van der Waals surface area contributed by atoms with Crippen molar-refractivity contribution in [1.29, 1.82) is 0 Å². The summed E-state index contributed by atoms with van der Waals surface area (Å²) in [6.07, 6.45) is 3.61. The quantitative estimate of drug-likeness (QED) is 0.245. The number of anilines is 3. The first-order chi connectivity index (χ1) is 21.6. The van der Waals surface area contributed by atoms with E-state index in [1.54, 1.807) is 11.0 Å². The van der Waals surface area contributed by atoms with Crippen molar-refractivity contribution in [2.45, 2.75) is 52.1 Å². The van der Waals surface area contributed by atoms with E-state index in [9.17, 15) is 9.59 Å². The van der Waals surface area contributed by atoms with Gasteiger partial charge in [0.2, 0.25) is 17.8 Å². The van der Waals surface area contributed by atoms with Crippen LogP contribution in [0.3, 0.4) is 0 Å². The summed E-state index contributed by atoms with van der Waals surface area (Å²) in [5.74, 6) is 0.225. The third kappa shape index (κ3) is 5.52. The highest BCUT2D eigenvalue weighted by molar-refractivity contribution is 6.35. The number of nitrogen functional groups attached to an aromatic ring is 1. The molecule has 0 aliphatic carbocycles. The molecule has 11 nitrogen and oxygen atoms in total. The number of nitrogens with one attached hydrogen (secondary N) is 2. The van der Waals surface area contributed by atoms with Crippen LogP contribution in [0.25, 0.3) is 32.9 Å². The van der Waals surface area contributed by atoms with Gasteiger partial charge in [-0.3, -0.25) is 14.7 Å². The maximum Gasteiger partial charge on any atom is 0.246 e. The molecule has 0 bridgehead atoms. The number of amides is 2. The Morgan fingerprint density at radius 1 is 1.18 bits per heavy atom. The van der Waals surface area contributed by atoms with Crippen molar-refractivity contribution in [3.8, 4) is 11.1 Å². The molecule has 45 heavy (non-hydrogen) atoms. The van der Waals surface area contributed by atoms with E-state index in [2.05, 4.69) is 32.0 Å². The largest absolute Gasteiger partial charge is 0.382 e. The molecule has 2 atom stereocenters. The minimum absolute atomic E-state index is 0.0630. The van der Waals surface area contributed by atoms with Gasteiger partial charge in [-0.05, 0) is 57.4 Å². The zero-order chi connectivity index (χ0) is 32.0. The molecule has 4 N–H and O–H groups in total. The third-order valence-electron chi connectivity index (χ3n) is 8.88. The maximum absolute atomic E-state index is 16.9. The molecule has 0 unspecified atom stereocenters. The van der Waals surface area contributed by atoms with Crippen LogP contribution in [0.1, 0.15) is 38.7 Å². The van der Waals surface area contributed by atoms with Gasteiger partial charge in [-0.25, -0.2) is 9.37 Å². The molecule has 4 heterocycles. The summed E-state index contributed by atoms with van der Waals surface area (Å²) >= 11 is 6.91. The number of benzene rings is 2. The minimum Gasteiger partial charge on any atom is -0.382 e. The van der Waals surface area contributed by atoms with Gasteiger partial charge in [0.15, 0.2) is 11.6 Å². The van der Waals surface area contributed by atoms with Gasteiger partial charge in [0.1, 0.15) is 11.3 Å². The number of hydrogen-bond acceptors (Lipinski definition) is 8. The molecule has 0 spiro atoms. The summed E-state index contributed by atoms with van der Waals surface area (Å²) in [6.45, 7) is 12.2. The number of halogens is 2. The fourth-order valence-corrected chi connectivity index (χ4v) is 6.81. The van der Waals surface area contributed by atoms with Crippen molar-refractivity contribution >= 4 is 62.8 Å². The van der Waals surface area contributed by atoms with Crippen molar-refractivity contribution in [2.75, 3.05) is 48.7 Å². The van der Waals surface area contributed by atoms with Gasteiger partial charge in [0, 0.05) is 67.7 Å². The van der Waals surface area contributed by atoms with E-state index in [4.69, 9.17) is 22.3 Å². The Balaban J connectivity index is 1.46. The van der Waals surface area contributed by atoms with Crippen LogP contribution in [-0.4, -0.2) is 86.6 Å². The average molecular weight is 634 g/mol. The molecular weight excluding hydrogens is 597 g/mol. The highest BCUT2D eigenvalue weighted by Crippen LogP contribution is 2.43. The number of aromatic amines is 1. The predicted octanol–water partition coefficient (Wildman–Crippen LogP) is 4.89. The standard InChI is InChI=1S/C32H37ClFN9O2/c1-5-23(44)42-15-19(4)43(16-18(42)3)31-20-14-21(33)26(25-17(2)8-9-22-27(25)30(35)40-39-22)28(34)29(20)37-32(38-31)36-11-10-24(45)41-12-6-7-13-41/h5,8-9,14,18-19H,1,6-7,10-13,15-16H2,2-4H3,(H3,35,39,40)(H,36,37,38)/t18-,19+/m1/s1. The van der Waals surface area contributed by atoms with Gasteiger partial charge < -0.3 is 25.8 Å². The van der Waals surface area contributed by atoms with Crippen LogP contribution in [0.4, 0.5) is 22.0 Å². The molecule has 6 rings (SSSR count). The number of aromatic nitrogens is 4. The number of H-pyrrole nitrogens is 1. The Kier molecular flexibility index (Phi) is 8.25. The van der Waals surface area contributed by atoms with Crippen LogP contribution in [0.15, 0.2) is 30.9 Å². The Hall–Kier alpha value is -4.45. The van der Waals surface area contributed by atoms with Crippen LogP contribution in [0.5, 0.6) is 0 Å². The zero-order valence-electron chi connectivity index (χ0n) is 25.7. The van der Waals surface area contributed by atoms with Crippen LogP contribution in [-0.2, 0) is 9.59 Å². The number of carbonyl (C=O) groups is 2. The number of rotatable bonds is 7. The summed E-state index contributed by atoms with van der Waals surface area (Å²) in [4.78, 5) is 40.4. The predicted molar refractivity (Wildman–Crippen MR) is 176 cm³/mol. The molecule has 0 radical (unpaired) electrons. The number of aryl methyl sites for hydroxylation is 1. The smallest absolute Gasteiger partial charge is 0.246 e. The number of hydrogen-bond donors (Lipinski definition) is 3. The van der Waals surface area contributed by atoms with E-state index < -0.39 is 5.82 Å². The maximum atomic E-state index is 16.9. The number of fused-ring (bicyclic) bond motifs is 2. The van der Waals surface area contributed by atoms with Gasteiger partial charge in [0.25, 0.3) is 0 Å².